The summed E-state index contributed by atoms with van der Waals surface area (Å²) in [6.45, 7) is 0. The predicted octanol–water partition coefficient (Wildman–Crippen LogP) is 1.79. The van der Waals surface area contributed by atoms with E-state index in [1.54, 1.807) is 0 Å². The van der Waals surface area contributed by atoms with E-state index < -0.39 is 17.6 Å². The zero-order chi connectivity index (χ0) is 10.7. The molecule has 0 spiro atoms. The van der Waals surface area contributed by atoms with Crippen molar-refractivity contribution in [1.29, 1.82) is 0 Å². The number of ether oxygens (including phenoxy) is 1. The van der Waals surface area contributed by atoms with Gasteiger partial charge in [-0.05, 0) is 12.1 Å². The second kappa shape index (κ2) is 4.04. The summed E-state index contributed by atoms with van der Waals surface area (Å²) in [5, 5.41) is 2.35. The molecule has 14 heavy (non-hydrogen) atoms. The molecule has 1 aromatic rings. The summed E-state index contributed by atoms with van der Waals surface area (Å²) in [5.74, 6) is -2.42. The lowest BCUT2D eigenvalue weighted by Gasteiger charge is -2.05. The molecule has 0 aliphatic heterocycles. The number of carbonyl (C=O) groups excluding carboxylic acids is 1. The van der Waals surface area contributed by atoms with Crippen LogP contribution in [0.3, 0.4) is 0 Å². The first-order valence-corrected chi connectivity index (χ1v) is 3.85. The van der Waals surface area contributed by atoms with Crippen molar-refractivity contribution in [2.24, 2.45) is 0 Å². The summed E-state index contributed by atoms with van der Waals surface area (Å²) < 4.78 is 30.5. The molecule has 0 aromatic heterocycles. The van der Waals surface area contributed by atoms with Gasteiger partial charge in [-0.3, -0.25) is 0 Å². The lowest BCUT2D eigenvalue weighted by molar-refractivity contribution is 0.0599. The average molecular weight is 201 g/mol. The normalized spacial score (nSPS) is 9.71. The van der Waals surface area contributed by atoms with Crippen LogP contribution in [0.4, 0.5) is 14.5 Å². The zero-order valence-electron chi connectivity index (χ0n) is 7.73. The standard InChI is InChI=1S/C9H9F2NO2/c1-12-8-6(10)3-5(4-7(8)11)9(13)14-2/h3-4,12H,1-2H3. The van der Waals surface area contributed by atoms with Crippen LogP contribution in [0.1, 0.15) is 10.4 Å². The van der Waals surface area contributed by atoms with Gasteiger partial charge in [0.25, 0.3) is 0 Å². The number of anilines is 1. The molecule has 0 fully saturated rings. The topological polar surface area (TPSA) is 38.3 Å². The molecular formula is C9H9F2NO2. The first-order chi connectivity index (χ1) is 6.60. The Bertz CT molecular complexity index is 343. The molecule has 3 nitrogen and oxygen atoms in total. The van der Waals surface area contributed by atoms with E-state index in [0.29, 0.717) is 0 Å². The van der Waals surface area contributed by atoms with Crippen molar-refractivity contribution in [2.45, 2.75) is 0 Å². The Labute approximate surface area is 79.7 Å². The van der Waals surface area contributed by atoms with E-state index >= 15 is 0 Å². The van der Waals surface area contributed by atoms with Gasteiger partial charge < -0.3 is 10.1 Å². The quantitative estimate of drug-likeness (QED) is 0.741. The maximum absolute atomic E-state index is 13.1. The summed E-state index contributed by atoms with van der Waals surface area (Å²) in [7, 11) is 2.53. The molecule has 0 saturated carbocycles. The Morgan fingerprint density at radius 1 is 1.36 bits per heavy atom. The van der Waals surface area contributed by atoms with Gasteiger partial charge >= 0.3 is 5.97 Å². The third kappa shape index (κ3) is 1.81. The van der Waals surface area contributed by atoms with Crippen molar-refractivity contribution >= 4 is 11.7 Å². The van der Waals surface area contributed by atoms with E-state index in [4.69, 9.17) is 0 Å². The molecule has 0 unspecified atom stereocenters. The van der Waals surface area contributed by atoms with Crippen LogP contribution < -0.4 is 5.32 Å². The number of carbonyl (C=O) groups is 1. The number of benzene rings is 1. The highest BCUT2D eigenvalue weighted by Gasteiger charge is 2.14. The maximum Gasteiger partial charge on any atom is 0.338 e. The van der Waals surface area contributed by atoms with Crippen LogP contribution in [0.25, 0.3) is 0 Å². The molecule has 0 aliphatic rings. The second-order valence-corrected chi connectivity index (χ2v) is 2.56. The van der Waals surface area contributed by atoms with E-state index in [1.807, 2.05) is 0 Å². The fraction of sp³-hybridized carbons (Fsp3) is 0.222. The average Bonchev–Trinajstić information content (AvgIpc) is 2.16. The zero-order valence-corrected chi connectivity index (χ0v) is 7.73. The van der Waals surface area contributed by atoms with E-state index in [-0.39, 0.29) is 11.3 Å². The summed E-state index contributed by atoms with van der Waals surface area (Å²) in [5.41, 5.74) is -0.417. The fourth-order valence-electron chi connectivity index (χ4n) is 1.05. The molecule has 0 aliphatic carbocycles. The molecular weight excluding hydrogens is 192 g/mol. The third-order valence-electron chi connectivity index (χ3n) is 1.71. The van der Waals surface area contributed by atoms with Crippen molar-refractivity contribution in [2.75, 3.05) is 19.5 Å². The number of halogens is 2. The monoisotopic (exact) mass is 201 g/mol. The number of hydrogen-bond donors (Lipinski definition) is 1. The highest BCUT2D eigenvalue weighted by Crippen LogP contribution is 2.20. The van der Waals surface area contributed by atoms with Crippen molar-refractivity contribution in [3.8, 4) is 0 Å². The molecule has 76 valence electrons. The van der Waals surface area contributed by atoms with E-state index in [1.165, 1.54) is 7.05 Å². The highest BCUT2D eigenvalue weighted by atomic mass is 19.1. The molecule has 0 saturated heterocycles. The summed E-state index contributed by atoms with van der Waals surface area (Å²) in [6, 6.07) is 1.83. The van der Waals surface area contributed by atoms with E-state index in [9.17, 15) is 13.6 Å². The Balaban J connectivity index is 3.20. The van der Waals surface area contributed by atoms with Gasteiger partial charge in [0.05, 0.1) is 12.7 Å². The molecule has 0 heterocycles. The second-order valence-electron chi connectivity index (χ2n) is 2.56. The van der Waals surface area contributed by atoms with Crippen molar-refractivity contribution in [1.82, 2.24) is 0 Å². The van der Waals surface area contributed by atoms with Crippen LogP contribution in [0.5, 0.6) is 0 Å². The van der Waals surface area contributed by atoms with Crippen LogP contribution >= 0.6 is 0 Å². The van der Waals surface area contributed by atoms with Gasteiger partial charge in [-0.15, -0.1) is 0 Å². The molecule has 0 atom stereocenters. The summed E-state index contributed by atoms with van der Waals surface area (Å²) in [4.78, 5) is 10.9. The predicted molar refractivity (Wildman–Crippen MR) is 47.2 cm³/mol. The minimum absolute atomic E-state index is 0.151. The van der Waals surface area contributed by atoms with Crippen LogP contribution in [0, 0.1) is 11.6 Å². The Hall–Kier alpha value is -1.65. The van der Waals surface area contributed by atoms with Gasteiger partial charge in [0.15, 0.2) is 0 Å². The lowest BCUT2D eigenvalue weighted by Crippen LogP contribution is -2.05. The van der Waals surface area contributed by atoms with Gasteiger partial charge in [-0.2, -0.15) is 0 Å². The van der Waals surface area contributed by atoms with E-state index in [2.05, 4.69) is 10.1 Å². The van der Waals surface area contributed by atoms with Crippen LogP contribution in [0.15, 0.2) is 12.1 Å². The van der Waals surface area contributed by atoms with Crippen molar-refractivity contribution in [3.05, 3.63) is 29.3 Å². The van der Waals surface area contributed by atoms with Gasteiger partial charge in [0.1, 0.15) is 17.3 Å². The number of methoxy groups -OCH3 is 1. The van der Waals surface area contributed by atoms with Crippen molar-refractivity contribution < 1.29 is 18.3 Å². The molecule has 0 amide bonds. The van der Waals surface area contributed by atoms with Gasteiger partial charge in [-0.1, -0.05) is 0 Å². The third-order valence-corrected chi connectivity index (χ3v) is 1.71. The summed E-state index contributed by atoms with van der Waals surface area (Å²) >= 11 is 0. The van der Waals surface area contributed by atoms with Gasteiger partial charge in [-0.25, -0.2) is 13.6 Å². The van der Waals surface area contributed by atoms with Crippen LogP contribution in [-0.2, 0) is 4.74 Å². The number of rotatable bonds is 2. The lowest BCUT2D eigenvalue weighted by atomic mass is 10.2. The van der Waals surface area contributed by atoms with Crippen molar-refractivity contribution in [3.63, 3.8) is 0 Å². The minimum Gasteiger partial charge on any atom is -0.465 e. The van der Waals surface area contributed by atoms with Crippen LogP contribution in [0.2, 0.25) is 0 Å². The molecule has 0 bridgehead atoms. The molecule has 0 radical (unpaired) electrons. The molecule has 1 N–H and O–H groups in total. The maximum atomic E-state index is 13.1. The van der Waals surface area contributed by atoms with E-state index in [0.717, 1.165) is 19.2 Å². The Kier molecular flexibility index (Phi) is 3.01. The Morgan fingerprint density at radius 2 is 1.86 bits per heavy atom. The SMILES string of the molecule is CNc1c(F)cc(C(=O)OC)cc1F. The minimum atomic E-state index is -0.826. The van der Waals surface area contributed by atoms with Gasteiger partial charge in [0, 0.05) is 7.05 Å². The molecule has 1 aromatic carbocycles. The Morgan fingerprint density at radius 3 is 2.21 bits per heavy atom. The molecule has 1 rings (SSSR count). The number of hydrogen-bond acceptors (Lipinski definition) is 3. The van der Waals surface area contributed by atoms with Gasteiger partial charge in [0.2, 0.25) is 0 Å². The number of esters is 1. The largest absolute Gasteiger partial charge is 0.465 e. The van der Waals surface area contributed by atoms with Crippen LogP contribution in [-0.4, -0.2) is 20.1 Å². The fourth-order valence-corrected chi connectivity index (χ4v) is 1.05. The highest BCUT2D eigenvalue weighted by molar-refractivity contribution is 5.89. The smallest absolute Gasteiger partial charge is 0.338 e. The molecule has 5 heteroatoms. The first-order valence-electron chi connectivity index (χ1n) is 3.85. The number of nitrogens with one attached hydrogen (secondary N) is 1. The summed E-state index contributed by atoms with van der Waals surface area (Å²) in [6.07, 6.45) is 0. The first kappa shape index (κ1) is 10.4.